The molecule has 0 aromatic heterocycles. The van der Waals surface area contributed by atoms with Gasteiger partial charge >= 0.3 is 0 Å². The molecule has 3 aliphatic rings. The van der Waals surface area contributed by atoms with Crippen molar-refractivity contribution in [2.45, 2.75) is 88.0 Å². The minimum atomic E-state index is -1.08. The van der Waals surface area contributed by atoms with Crippen LogP contribution in [0.25, 0.3) is 0 Å². The van der Waals surface area contributed by atoms with Crippen molar-refractivity contribution in [2.75, 3.05) is 13.2 Å². The van der Waals surface area contributed by atoms with E-state index >= 15 is 0 Å². The maximum atomic E-state index is 13.7. The van der Waals surface area contributed by atoms with Crippen LogP contribution in [0, 0.1) is 11.8 Å². The summed E-state index contributed by atoms with van der Waals surface area (Å²) in [5.41, 5.74) is -1.58. The molecule has 170 valence electrons. The second-order valence-electron chi connectivity index (χ2n) is 9.68. The predicted octanol–water partition coefficient (Wildman–Crippen LogP) is 0.946. The molecule has 0 saturated carbocycles. The molecule has 7 atom stereocenters. The Morgan fingerprint density at radius 2 is 2.00 bits per heavy atom. The molecule has 1 spiro atoms. The molecule has 9 heteroatoms. The molecule has 0 aromatic carbocycles. The van der Waals surface area contributed by atoms with Gasteiger partial charge < -0.3 is 25.4 Å². The lowest BCUT2D eigenvalue weighted by Crippen LogP contribution is -2.60. The molecule has 3 saturated heterocycles. The largest absolute Gasteiger partial charge is 0.394 e. The molecule has 0 aliphatic carbocycles. The second-order valence-corrected chi connectivity index (χ2v) is 10.9. The number of carbonyl (C=O) groups is 3. The highest BCUT2D eigenvalue weighted by molar-refractivity contribution is 9.09. The van der Waals surface area contributed by atoms with Crippen molar-refractivity contribution < 1.29 is 24.2 Å². The zero-order chi connectivity index (χ0) is 22.4. The molecule has 2 bridgehead atoms. The van der Waals surface area contributed by atoms with Crippen molar-refractivity contribution in [3.8, 4) is 0 Å². The van der Waals surface area contributed by atoms with E-state index in [1.807, 2.05) is 34.6 Å². The summed E-state index contributed by atoms with van der Waals surface area (Å²) in [6, 6.07) is -1.40. The van der Waals surface area contributed by atoms with Gasteiger partial charge in [0.25, 0.3) is 0 Å². The molecule has 3 unspecified atom stereocenters. The topological polar surface area (TPSA) is 108 Å². The number of alkyl halides is 1. The van der Waals surface area contributed by atoms with Gasteiger partial charge in [-0.3, -0.25) is 14.4 Å². The third kappa shape index (κ3) is 3.66. The lowest BCUT2D eigenvalue weighted by atomic mass is 9.70. The molecular weight excluding hydrogens is 454 g/mol. The van der Waals surface area contributed by atoms with Crippen LogP contribution < -0.4 is 10.6 Å². The van der Waals surface area contributed by atoms with Gasteiger partial charge in [0.2, 0.25) is 17.7 Å². The number of nitrogens with zero attached hydrogens (tertiary/aromatic N) is 1. The maximum Gasteiger partial charge on any atom is 0.246 e. The number of aliphatic hydroxyl groups is 1. The van der Waals surface area contributed by atoms with Gasteiger partial charge in [0, 0.05) is 16.9 Å². The van der Waals surface area contributed by atoms with Gasteiger partial charge in [0.05, 0.1) is 30.6 Å². The molecule has 0 radical (unpaired) electrons. The van der Waals surface area contributed by atoms with E-state index in [1.165, 1.54) is 4.90 Å². The van der Waals surface area contributed by atoms with E-state index in [4.69, 9.17) is 4.74 Å². The summed E-state index contributed by atoms with van der Waals surface area (Å²) in [5.74, 6) is -2.18. The number of ether oxygens (including phenoxy) is 1. The maximum absolute atomic E-state index is 13.7. The molecule has 3 fully saturated rings. The van der Waals surface area contributed by atoms with Crippen LogP contribution in [0.5, 0.6) is 0 Å². The van der Waals surface area contributed by atoms with Gasteiger partial charge in [0.1, 0.15) is 11.6 Å². The Bertz CT molecular complexity index is 707. The van der Waals surface area contributed by atoms with E-state index in [9.17, 15) is 19.5 Å². The number of halogens is 1. The Hall–Kier alpha value is -1.19. The fraction of sp³-hybridized carbons (Fsp3) is 0.857. The number of aliphatic hydroxyl groups excluding tert-OH is 1. The first-order chi connectivity index (χ1) is 14.0. The minimum absolute atomic E-state index is 0.127. The molecule has 3 rings (SSSR count). The number of carbonyl (C=O) groups excluding carboxylic acids is 3. The third-order valence-electron chi connectivity index (χ3n) is 6.40. The van der Waals surface area contributed by atoms with Crippen molar-refractivity contribution in [1.82, 2.24) is 15.5 Å². The summed E-state index contributed by atoms with van der Waals surface area (Å²) in [6.45, 7) is 9.75. The zero-order valence-corrected chi connectivity index (χ0v) is 20.0. The molecule has 30 heavy (non-hydrogen) atoms. The van der Waals surface area contributed by atoms with Gasteiger partial charge in [0.15, 0.2) is 0 Å². The second kappa shape index (κ2) is 8.39. The van der Waals surface area contributed by atoms with Crippen LogP contribution >= 0.6 is 15.9 Å². The smallest absolute Gasteiger partial charge is 0.246 e. The number of fused-ring (bicyclic) bond motifs is 1. The Morgan fingerprint density at radius 1 is 1.33 bits per heavy atom. The van der Waals surface area contributed by atoms with E-state index in [1.54, 1.807) is 0 Å². The quantitative estimate of drug-likeness (QED) is 0.463. The molecular formula is C21H34BrN3O5. The van der Waals surface area contributed by atoms with Crippen molar-refractivity contribution in [3.63, 3.8) is 0 Å². The van der Waals surface area contributed by atoms with Crippen LogP contribution in [-0.2, 0) is 19.1 Å². The number of likely N-dealkylation sites (tertiary alicyclic amines) is 1. The average molecular weight is 488 g/mol. The fourth-order valence-corrected chi connectivity index (χ4v) is 6.22. The molecule has 3 aliphatic heterocycles. The molecule has 3 heterocycles. The summed E-state index contributed by atoms with van der Waals surface area (Å²) in [6.07, 6.45) is 1.29. The minimum Gasteiger partial charge on any atom is -0.394 e. The van der Waals surface area contributed by atoms with Crippen LogP contribution in [0.15, 0.2) is 0 Å². The fourth-order valence-electron chi connectivity index (χ4n) is 5.28. The Kier molecular flexibility index (Phi) is 6.56. The first kappa shape index (κ1) is 23.5. The van der Waals surface area contributed by atoms with Crippen LogP contribution in [0.3, 0.4) is 0 Å². The average Bonchev–Trinajstić information content (AvgIpc) is 3.23. The van der Waals surface area contributed by atoms with E-state index in [-0.39, 0.29) is 29.2 Å². The van der Waals surface area contributed by atoms with Crippen molar-refractivity contribution >= 4 is 33.7 Å². The van der Waals surface area contributed by atoms with E-state index in [0.717, 1.165) is 6.42 Å². The normalized spacial score (nSPS) is 36.0. The van der Waals surface area contributed by atoms with Gasteiger partial charge in [-0.25, -0.2) is 0 Å². The summed E-state index contributed by atoms with van der Waals surface area (Å²) in [5, 5.41) is 15.8. The monoisotopic (exact) mass is 487 g/mol. The summed E-state index contributed by atoms with van der Waals surface area (Å²) < 4.78 is 6.39. The van der Waals surface area contributed by atoms with E-state index in [2.05, 4.69) is 26.6 Å². The highest BCUT2D eigenvalue weighted by atomic mass is 79.9. The Morgan fingerprint density at radius 3 is 2.53 bits per heavy atom. The number of nitrogens with one attached hydrogen (secondary N) is 2. The Balaban J connectivity index is 2.06. The molecule has 3 N–H and O–H groups in total. The molecule has 3 amide bonds. The zero-order valence-electron chi connectivity index (χ0n) is 18.4. The standard InChI is InChI=1S/C21H34BrN3O5/c1-6-8-23-17(27)13-14-19(29)25(11(7-2)10-26)16(18(28)24-20(3,4)5)21(14)9-12(22)15(13)30-21/h11-16,26H,6-10H2,1-5H3,(H,23,27)(H,24,28)/t11-,12?,13+,14-,15+,16?,21?/m0/s1. The molecule has 8 nitrogen and oxygen atoms in total. The first-order valence-corrected chi connectivity index (χ1v) is 11.8. The lowest BCUT2D eigenvalue weighted by molar-refractivity contribution is -0.146. The number of rotatable bonds is 7. The molecule has 0 aromatic rings. The number of hydrogen-bond acceptors (Lipinski definition) is 5. The van der Waals surface area contributed by atoms with Crippen LogP contribution in [-0.4, -0.2) is 75.0 Å². The van der Waals surface area contributed by atoms with Crippen molar-refractivity contribution in [2.24, 2.45) is 11.8 Å². The summed E-state index contributed by atoms with van der Waals surface area (Å²) in [7, 11) is 0. The van der Waals surface area contributed by atoms with Gasteiger partial charge in [-0.05, 0) is 40.0 Å². The van der Waals surface area contributed by atoms with Crippen LogP contribution in [0.4, 0.5) is 0 Å². The van der Waals surface area contributed by atoms with Gasteiger partial charge in [-0.1, -0.05) is 29.8 Å². The van der Waals surface area contributed by atoms with E-state index in [0.29, 0.717) is 19.4 Å². The third-order valence-corrected chi connectivity index (χ3v) is 7.25. The Labute approximate surface area is 186 Å². The SMILES string of the molecule is CCCNC(=O)[C@H]1[C@@H]2OC3(CC2Br)C(C(=O)NC(C)(C)C)N([C@@H](CC)CO)C(=O)[C@H]13. The predicted molar refractivity (Wildman–Crippen MR) is 115 cm³/mol. The van der Waals surface area contributed by atoms with E-state index < -0.39 is 41.2 Å². The number of amides is 3. The van der Waals surface area contributed by atoms with Gasteiger partial charge in [-0.15, -0.1) is 0 Å². The van der Waals surface area contributed by atoms with Gasteiger partial charge in [-0.2, -0.15) is 0 Å². The highest BCUT2D eigenvalue weighted by Gasteiger charge is 2.77. The van der Waals surface area contributed by atoms with Crippen molar-refractivity contribution in [1.29, 1.82) is 0 Å². The van der Waals surface area contributed by atoms with Crippen molar-refractivity contribution in [3.05, 3.63) is 0 Å². The van der Waals surface area contributed by atoms with Crippen LogP contribution in [0.2, 0.25) is 0 Å². The number of hydrogen-bond donors (Lipinski definition) is 3. The summed E-state index contributed by atoms with van der Waals surface area (Å²) in [4.78, 5) is 41.5. The van der Waals surface area contributed by atoms with Crippen LogP contribution in [0.1, 0.15) is 53.9 Å². The summed E-state index contributed by atoms with van der Waals surface area (Å²) >= 11 is 3.64. The first-order valence-electron chi connectivity index (χ1n) is 10.9. The lowest BCUT2D eigenvalue weighted by Gasteiger charge is -2.38. The highest BCUT2D eigenvalue weighted by Crippen LogP contribution is 2.60.